The summed E-state index contributed by atoms with van der Waals surface area (Å²) < 4.78 is 1.46. The third-order valence-electron chi connectivity index (χ3n) is 5.35. The van der Waals surface area contributed by atoms with E-state index < -0.39 is 0 Å². The van der Waals surface area contributed by atoms with Gasteiger partial charge < -0.3 is 24.8 Å². The van der Waals surface area contributed by atoms with E-state index in [4.69, 9.17) is 0 Å². The molecule has 0 unspecified atom stereocenters. The maximum absolute atomic E-state index is 3.82. The number of rotatable bonds is 3. The molecule has 0 nitrogen and oxygen atoms in total. The molecule has 0 bridgehead atoms. The van der Waals surface area contributed by atoms with E-state index >= 15 is 0 Å². The van der Waals surface area contributed by atoms with E-state index in [9.17, 15) is 0 Å². The molecule has 0 saturated heterocycles. The van der Waals surface area contributed by atoms with Crippen molar-refractivity contribution >= 4 is 15.4 Å². The van der Waals surface area contributed by atoms with Crippen LogP contribution in [0.25, 0.3) is 23.3 Å². The maximum atomic E-state index is 3.82. The van der Waals surface area contributed by atoms with Gasteiger partial charge in [-0.3, -0.25) is 0 Å². The standard InChI is InChI=1S/C17H13.C9H10.C5H5.2ClH.Zr/c1-3-12-5-7-14-11-15-8-6-13(4-2)10-17(15)16(14)9-12;1-3-9-6-4-8(2)5-7-9;1-2-4-5-3-1;;;/h3-7,9-10H,1-2,11H2;4-7H,1-2H3;1-5H;2*1H;/q-1;;-1;;;+2/p-2. The van der Waals surface area contributed by atoms with Gasteiger partial charge in [0.25, 0.3) is 0 Å². The van der Waals surface area contributed by atoms with Gasteiger partial charge in [0.15, 0.2) is 0 Å². The minimum Gasteiger partial charge on any atom is -1.00 e. The van der Waals surface area contributed by atoms with Gasteiger partial charge in [-0.2, -0.15) is 42.0 Å². The molecule has 0 fully saturated rings. The first kappa shape index (κ1) is 29.9. The quantitative estimate of drug-likeness (QED) is 0.295. The van der Waals surface area contributed by atoms with Gasteiger partial charge in [-0.1, -0.05) is 42.0 Å². The Morgan fingerprint density at radius 2 is 1.53 bits per heavy atom. The zero-order valence-electron chi connectivity index (χ0n) is 19.6. The van der Waals surface area contributed by atoms with Crippen LogP contribution in [0.1, 0.15) is 40.3 Å². The molecule has 0 aromatic heterocycles. The number of hydrogen-bond donors (Lipinski definition) is 0. The third-order valence-corrected chi connectivity index (χ3v) is 6.06. The Kier molecular flexibility index (Phi) is 13.1. The fraction of sp³-hybridized carbons (Fsp3) is 0.0968. The van der Waals surface area contributed by atoms with Gasteiger partial charge in [-0.15, -0.1) is 23.8 Å². The van der Waals surface area contributed by atoms with E-state index in [0.29, 0.717) is 0 Å². The molecular formula is C31H28Cl2Zr-2. The Balaban J connectivity index is 0.000000290. The van der Waals surface area contributed by atoms with Crippen LogP contribution in [0.2, 0.25) is 0 Å². The van der Waals surface area contributed by atoms with Crippen LogP contribution in [0.5, 0.6) is 0 Å². The second-order valence-corrected chi connectivity index (χ2v) is 9.62. The van der Waals surface area contributed by atoms with Crippen molar-refractivity contribution in [1.82, 2.24) is 0 Å². The first-order chi connectivity index (χ1) is 15.5. The van der Waals surface area contributed by atoms with Gasteiger partial charge in [-0.05, 0) is 12.0 Å². The van der Waals surface area contributed by atoms with Gasteiger partial charge in [0, 0.05) is 0 Å². The van der Waals surface area contributed by atoms with Crippen LogP contribution < -0.4 is 24.8 Å². The van der Waals surface area contributed by atoms with Crippen LogP contribution >= 0.6 is 0 Å². The molecule has 0 amide bonds. The summed E-state index contributed by atoms with van der Waals surface area (Å²) in [7, 11) is 0. The smallest absolute Gasteiger partial charge is 0.172 e. The topological polar surface area (TPSA) is 0 Å². The Hall–Kier alpha value is -2.18. The van der Waals surface area contributed by atoms with E-state index in [1.807, 2.05) is 48.6 Å². The minimum atomic E-state index is 0. The van der Waals surface area contributed by atoms with E-state index in [1.54, 1.807) is 0 Å². The van der Waals surface area contributed by atoms with Crippen LogP contribution in [-0.2, 0) is 30.7 Å². The summed E-state index contributed by atoms with van der Waals surface area (Å²) in [5, 5.41) is 0. The van der Waals surface area contributed by atoms with Crippen molar-refractivity contribution < 1.29 is 49.0 Å². The summed E-state index contributed by atoms with van der Waals surface area (Å²) in [5.41, 5.74) is 10.3. The van der Waals surface area contributed by atoms with E-state index in [1.165, 1.54) is 66.4 Å². The summed E-state index contributed by atoms with van der Waals surface area (Å²) in [5.74, 6) is 0. The van der Waals surface area contributed by atoms with Gasteiger partial charge >= 0.3 is 76.7 Å². The SMILES string of the molecule is C=Cc1c[c-]c2c(c1)-c1cc(C=C)ccc1C2.C[C](=[Zr+2])c1ccc(C)cc1.[Cl-].[Cl-].c1cc[cH-]c1. The number of fused-ring (bicyclic) bond motifs is 3. The second-order valence-electron chi connectivity index (χ2n) is 7.78. The fourth-order valence-electron chi connectivity index (χ4n) is 3.49. The molecule has 4 aromatic carbocycles. The molecule has 0 N–H and O–H groups in total. The summed E-state index contributed by atoms with van der Waals surface area (Å²) >= 11 is 1.51. The summed E-state index contributed by atoms with van der Waals surface area (Å²) in [6.45, 7) is 11.9. The molecule has 0 heterocycles. The van der Waals surface area contributed by atoms with Gasteiger partial charge in [0.05, 0.1) is 0 Å². The number of benzene rings is 3. The molecule has 34 heavy (non-hydrogen) atoms. The van der Waals surface area contributed by atoms with Crippen LogP contribution in [0.15, 0.2) is 98.1 Å². The molecule has 1 aliphatic rings. The first-order valence-electron chi connectivity index (χ1n) is 10.7. The summed E-state index contributed by atoms with van der Waals surface area (Å²) in [4.78, 5) is 0. The Bertz CT molecular complexity index is 1130. The summed E-state index contributed by atoms with van der Waals surface area (Å²) in [6.07, 6.45) is 4.74. The second kappa shape index (κ2) is 14.9. The molecule has 3 heteroatoms. The largest absolute Gasteiger partial charge is 1.00 e. The molecule has 5 rings (SSSR count). The van der Waals surface area contributed by atoms with E-state index in [-0.39, 0.29) is 24.8 Å². The zero-order valence-corrected chi connectivity index (χ0v) is 23.6. The zero-order chi connectivity index (χ0) is 22.9. The van der Waals surface area contributed by atoms with E-state index in [2.05, 4.69) is 81.6 Å². The van der Waals surface area contributed by atoms with Crippen LogP contribution in [-0.4, -0.2) is 3.21 Å². The van der Waals surface area contributed by atoms with Crippen molar-refractivity contribution in [1.29, 1.82) is 0 Å². The molecule has 1 aliphatic carbocycles. The Labute approximate surface area is 232 Å². The average Bonchev–Trinajstić information content (AvgIpc) is 3.51. The molecule has 0 spiro atoms. The van der Waals surface area contributed by atoms with Crippen LogP contribution in [0.3, 0.4) is 0 Å². The number of aryl methyl sites for hydroxylation is 1. The molecule has 0 atom stereocenters. The fourth-order valence-corrected chi connectivity index (χ4v) is 3.90. The number of halogens is 2. The molecule has 172 valence electrons. The van der Waals surface area contributed by atoms with Crippen molar-refractivity contribution in [3.8, 4) is 11.1 Å². The maximum Gasteiger partial charge on any atom is -0.172 e. The number of hydrogen-bond acceptors (Lipinski definition) is 0. The van der Waals surface area contributed by atoms with E-state index in [0.717, 1.165) is 12.0 Å². The molecule has 0 aliphatic heterocycles. The van der Waals surface area contributed by atoms with Gasteiger partial charge in [-0.25, -0.2) is 12.1 Å². The minimum absolute atomic E-state index is 0. The van der Waals surface area contributed by atoms with Gasteiger partial charge in [0.1, 0.15) is 0 Å². The monoisotopic (exact) mass is 560 g/mol. The predicted octanol–water partition coefficient (Wildman–Crippen LogP) is 1.84. The molecular weight excluding hydrogens is 534 g/mol. The first-order valence-corrected chi connectivity index (χ1v) is 12.0. The summed E-state index contributed by atoms with van der Waals surface area (Å²) in [6, 6.07) is 32.7. The molecule has 0 radical (unpaired) electrons. The molecule has 0 saturated carbocycles. The van der Waals surface area contributed by atoms with Crippen molar-refractivity contribution in [2.75, 3.05) is 0 Å². The predicted molar refractivity (Wildman–Crippen MR) is 137 cm³/mol. The Morgan fingerprint density at radius 1 is 0.912 bits per heavy atom. The third kappa shape index (κ3) is 8.24. The van der Waals surface area contributed by atoms with Gasteiger partial charge in [0.2, 0.25) is 0 Å². The van der Waals surface area contributed by atoms with Crippen molar-refractivity contribution in [3.05, 3.63) is 138 Å². The normalized spacial score (nSPS) is 9.88. The Morgan fingerprint density at radius 3 is 2.06 bits per heavy atom. The van der Waals surface area contributed by atoms with Crippen molar-refractivity contribution in [2.24, 2.45) is 0 Å². The van der Waals surface area contributed by atoms with Crippen LogP contribution in [0, 0.1) is 13.0 Å². The average molecular weight is 563 g/mol. The molecule has 4 aromatic rings. The van der Waals surface area contributed by atoms with Crippen molar-refractivity contribution in [2.45, 2.75) is 20.3 Å². The van der Waals surface area contributed by atoms with Crippen molar-refractivity contribution in [3.63, 3.8) is 0 Å². The van der Waals surface area contributed by atoms with Crippen LogP contribution in [0.4, 0.5) is 0 Å².